The number of hydrogen-bond donors (Lipinski definition) is 0. The lowest BCUT2D eigenvalue weighted by Crippen LogP contribution is -2.61. The Labute approximate surface area is 481 Å². The molecule has 81 heavy (non-hydrogen) atoms. The normalized spacial score (nSPS) is 12.7. The van der Waals surface area contributed by atoms with E-state index in [1.165, 1.54) is 134 Å². The van der Waals surface area contributed by atoms with Gasteiger partial charge < -0.3 is 9.80 Å². The monoisotopic (exact) mass is 1040 g/mol. The minimum atomic E-state index is -0.136. The molecule has 0 atom stereocenters. The van der Waals surface area contributed by atoms with Gasteiger partial charge in [-0.3, -0.25) is 0 Å². The van der Waals surface area contributed by atoms with Crippen LogP contribution in [0, 0.1) is 0 Å². The van der Waals surface area contributed by atoms with Gasteiger partial charge >= 0.3 is 0 Å². The summed E-state index contributed by atoms with van der Waals surface area (Å²) < 4.78 is 0. The summed E-state index contributed by atoms with van der Waals surface area (Å²) >= 11 is 0. The van der Waals surface area contributed by atoms with Crippen molar-refractivity contribution in [3.63, 3.8) is 0 Å². The second kappa shape index (κ2) is 21.0. The maximum absolute atomic E-state index is 2.70. The molecule has 2 aliphatic rings. The van der Waals surface area contributed by atoms with Gasteiger partial charge in [-0.2, -0.15) is 0 Å². The molecular weight excluding hydrogens is 976 g/mol. The molecule has 0 N–H and O–H groups in total. The van der Waals surface area contributed by atoms with Crippen molar-refractivity contribution in [3.8, 4) is 66.8 Å². The van der Waals surface area contributed by atoms with Crippen molar-refractivity contribution in [1.29, 1.82) is 0 Å². The quantitative estimate of drug-likeness (QED) is 0.119. The van der Waals surface area contributed by atoms with Crippen molar-refractivity contribution in [2.45, 2.75) is 78.6 Å². The summed E-state index contributed by atoms with van der Waals surface area (Å²) in [6, 6.07) is 96.4. The van der Waals surface area contributed by atoms with E-state index in [9.17, 15) is 0 Å². The van der Waals surface area contributed by atoms with E-state index >= 15 is 0 Å². The van der Waals surface area contributed by atoms with Gasteiger partial charge in [0.1, 0.15) is 0 Å². The molecule has 11 aromatic carbocycles. The molecule has 2 heterocycles. The zero-order valence-corrected chi connectivity index (χ0v) is 47.8. The number of aryl methyl sites for hydroxylation is 1. The molecule has 394 valence electrons. The first-order valence-electron chi connectivity index (χ1n) is 29.2. The fourth-order valence-corrected chi connectivity index (χ4v) is 12.7. The van der Waals surface area contributed by atoms with Gasteiger partial charge in [-0.25, -0.2) is 0 Å². The average molecular weight is 1050 g/mol. The number of nitrogens with zero attached hydrogens (tertiary/aromatic N) is 2. The molecule has 0 radical (unpaired) electrons. The van der Waals surface area contributed by atoms with E-state index in [-0.39, 0.29) is 17.5 Å². The first kappa shape index (κ1) is 51.5. The van der Waals surface area contributed by atoms with Gasteiger partial charge in [-0.1, -0.05) is 261 Å². The van der Waals surface area contributed by atoms with Crippen LogP contribution in [0.5, 0.6) is 0 Å². The predicted octanol–water partition coefficient (Wildman–Crippen LogP) is 19.7. The summed E-state index contributed by atoms with van der Waals surface area (Å²) in [4.78, 5) is 5.41. The molecule has 0 fully saturated rings. The zero-order valence-electron chi connectivity index (χ0n) is 47.8. The minimum Gasteiger partial charge on any atom is -0.310 e. The predicted molar refractivity (Wildman–Crippen MR) is 349 cm³/mol. The Balaban J connectivity index is 1.23. The molecule has 0 aliphatic carbocycles. The van der Waals surface area contributed by atoms with E-state index in [2.05, 4.69) is 313 Å². The molecule has 0 unspecified atom stereocenters. The molecule has 0 saturated heterocycles. The summed E-state index contributed by atoms with van der Waals surface area (Å²) in [7, 11) is 0. The lowest BCUT2D eigenvalue weighted by molar-refractivity contribution is 0.590. The Morgan fingerprint density at radius 1 is 0.321 bits per heavy atom. The summed E-state index contributed by atoms with van der Waals surface area (Å²) in [6.07, 6.45) is 3.11. The fourth-order valence-electron chi connectivity index (χ4n) is 12.7. The minimum absolute atomic E-state index is 0.129. The molecule has 0 amide bonds. The Bertz CT molecular complexity index is 3700. The highest BCUT2D eigenvalue weighted by atomic mass is 15.2. The SMILES string of the molecule is CCCCc1cc2c3c(c1)N(c1c(-c4ccccc4)cc(C(C)(C)C)cc1-c1ccccc1)c1ccc(-c4ccccc4)cc1B3c1cc(-c3ccccc3)ccc1N2c1c(-c2ccccc2)cc(C(C)(C)C)cc1-c1ccccc1. The molecule has 11 aromatic rings. The van der Waals surface area contributed by atoms with Crippen LogP contribution in [0.1, 0.15) is 78.0 Å². The Morgan fingerprint density at radius 3 is 0.926 bits per heavy atom. The van der Waals surface area contributed by atoms with Gasteiger partial charge in [0.05, 0.1) is 11.4 Å². The third kappa shape index (κ3) is 9.49. The van der Waals surface area contributed by atoms with E-state index in [4.69, 9.17) is 0 Å². The number of hydrogen-bond acceptors (Lipinski definition) is 2. The Kier molecular flexibility index (Phi) is 13.3. The highest BCUT2D eigenvalue weighted by Gasteiger charge is 2.46. The third-order valence-corrected chi connectivity index (χ3v) is 16.9. The van der Waals surface area contributed by atoms with E-state index in [1.807, 2.05) is 0 Å². The number of unbranched alkanes of at least 4 members (excludes halogenated alkanes) is 1. The van der Waals surface area contributed by atoms with Crippen molar-refractivity contribution in [1.82, 2.24) is 0 Å². The Morgan fingerprint density at radius 2 is 0.630 bits per heavy atom. The molecular formula is C78H69BN2. The number of fused-ring (bicyclic) bond motifs is 4. The van der Waals surface area contributed by atoms with Crippen LogP contribution in [-0.2, 0) is 17.3 Å². The van der Waals surface area contributed by atoms with Gasteiger partial charge in [-0.05, 0) is 150 Å². The van der Waals surface area contributed by atoms with E-state index in [1.54, 1.807) is 0 Å². The maximum Gasteiger partial charge on any atom is 0.252 e. The maximum atomic E-state index is 2.70. The fraction of sp³-hybridized carbons (Fsp3) is 0.154. The van der Waals surface area contributed by atoms with Crippen LogP contribution in [0.15, 0.2) is 255 Å². The first-order chi connectivity index (χ1) is 39.4. The Hall–Kier alpha value is -8.92. The van der Waals surface area contributed by atoms with Crippen LogP contribution in [0.4, 0.5) is 34.1 Å². The van der Waals surface area contributed by atoms with Crippen LogP contribution < -0.4 is 26.2 Å². The first-order valence-corrected chi connectivity index (χ1v) is 29.2. The number of benzene rings is 11. The van der Waals surface area contributed by atoms with Gasteiger partial charge in [-0.15, -0.1) is 0 Å². The largest absolute Gasteiger partial charge is 0.310 e. The second-order valence-electron chi connectivity index (χ2n) is 24.3. The van der Waals surface area contributed by atoms with E-state index < -0.39 is 0 Å². The molecule has 0 saturated carbocycles. The second-order valence-corrected chi connectivity index (χ2v) is 24.3. The van der Waals surface area contributed by atoms with Crippen molar-refractivity contribution < 1.29 is 0 Å². The number of rotatable bonds is 11. The molecule has 0 spiro atoms. The average Bonchev–Trinajstić information content (AvgIpc) is 3.37. The summed E-state index contributed by atoms with van der Waals surface area (Å²) in [5, 5.41) is 0. The van der Waals surface area contributed by atoms with Crippen molar-refractivity contribution in [2.24, 2.45) is 0 Å². The molecule has 0 aromatic heterocycles. The van der Waals surface area contributed by atoms with Crippen LogP contribution in [0.3, 0.4) is 0 Å². The van der Waals surface area contributed by atoms with E-state index in [0.717, 1.165) is 19.3 Å². The summed E-state index contributed by atoms with van der Waals surface area (Å²) in [5.74, 6) is 0. The molecule has 2 aliphatic heterocycles. The standard InChI is InChI=1S/C78H69BN2/c1-8-9-28-53-45-72-74-73(46-53)81(76-66(58-37-24-14-25-38-58)51-63(78(5,6)7)52-67(76)59-39-26-15-27-40-59)71-44-42-61(55-31-18-11-19-32-55)48-69(71)79(74)68-47-60(54-29-16-10-17-30-54)41-43-70(68)80(72)75-64(56-33-20-12-21-34-56)49-62(77(2,3)4)50-65(75)57-35-22-13-23-36-57/h10-27,29-52H,8-9,28H2,1-7H3. The topological polar surface area (TPSA) is 6.48 Å². The zero-order chi connectivity index (χ0) is 55.4. The van der Waals surface area contributed by atoms with Crippen LogP contribution in [-0.4, -0.2) is 6.71 Å². The third-order valence-electron chi connectivity index (χ3n) is 16.9. The van der Waals surface area contributed by atoms with Crippen LogP contribution in [0.2, 0.25) is 0 Å². The summed E-state index contributed by atoms with van der Waals surface area (Å²) in [6.45, 7) is 16.3. The molecule has 0 bridgehead atoms. The lowest BCUT2D eigenvalue weighted by Gasteiger charge is -2.46. The lowest BCUT2D eigenvalue weighted by atomic mass is 9.33. The summed E-state index contributed by atoms with van der Waals surface area (Å²) in [5.41, 5.74) is 29.1. The van der Waals surface area contributed by atoms with Crippen LogP contribution in [0.25, 0.3) is 66.8 Å². The van der Waals surface area contributed by atoms with Crippen molar-refractivity contribution >= 4 is 57.2 Å². The van der Waals surface area contributed by atoms with E-state index in [0.29, 0.717) is 0 Å². The van der Waals surface area contributed by atoms with Gasteiger partial charge in [0, 0.05) is 45.0 Å². The van der Waals surface area contributed by atoms with Crippen molar-refractivity contribution in [2.75, 3.05) is 9.80 Å². The van der Waals surface area contributed by atoms with Crippen molar-refractivity contribution in [3.05, 3.63) is 271 Å². The molecule has 3 heteroatoms. The molecule has 2 nitrogen and oxygen atoms in total. The van der Waals surface area contributed by atoms with Crippen LogP contribution >= 0.6 is 0 Å². The highest BCUT2D eigenvalue weighted by Crippen LogP contribution is 2.54. The van der Waals surface area contributed by atoms with Gasteiger partial charge in [0.15, 0.2) is 0 Å². The molecule has 13 rings (SSSR count). The smallest absolute Gasteiger partial charge is 0.252 e. The number of anilines is 6. The van der Waals surface area contributed by atoms with Gasteiger partial charge in [0.25, 0.3) is 6.71 Å². The van der Waals surface area contributed by atoms with Gasteiger partial charge in [0.2, 0.25) is 0 Å². The highest BCUT2D eigenvalue weighted by molar-refractivity contribution is 7.00.